The molecule has 0 heterocycles. The van der Waals surface area contributed by atoms with Crippen LogP contribution in [0.3, 0.4) is 0 Å². The molecular weight excluding hydrogens is 368 g/mol. The number of primary sulfonamides is 1. The van der Waals surface area contributed by atoms with Gasteiger partial charge in [-0.05, 0) is 36.8 Å². The van der Waals surface area contributed by atoms with E-state index in [1.165, 1.54) is 36.4 Å². The van der Waals surface area contributed by atoms with E-state index in [-0.39, 0.29) is 16.4 Å². The van der Waals surface area contributed by atoms with Crippen molar-refractivity contribution in [3.8, 4) is 0 Å². The van der Waals surface area contributed by atoms with Gasteiger partial charge < -0.3 is 4.74 Å². The van der Waals surface area contributed by atoms with E-state index < -0.39 is 26.1 Å². The Morgan fingerprint density at radius 1 is 0.960 bits per heavy atom. The van der Waals surface area contributed by atoms with Gasteiger partial charge in [0.2, 0.25) is 10.0 Å². The van der Waals surface area contributed by atoms with E-state index in [2.05, 4.69) is 0 Å². The van der Waals surface area contributed by atoms with Crippen molar-refractivity contribution in [2.45, 2.75) is 23.3 Å². The summed E-state index contributed by atoms with van der Waals surface area (Å²) < 4.78 is 53.0. The largest absolute Gasteiger partial charge is 0.444 e. The van der Waals surface area contributed by atoms with Crippen LogP contribution >= 0.6 is 0 Å². The van der Waals surface area contributed by atoms with E-state index in [0.29, 0.717) is 5.56 Å². The van der Waals surface area contributed by atoms with Crippen LogP contribution in [0.25, 0.3) is 0 Å². The van der Waals surface area contributed by atoms with Crippen LogP contribution in [-0.4, -0.2) is 22.9 Å². The lowest BCUT2D eigenvalue weighted by Gasteiger charge is -2.08. The molecule has 0 aliphatic heterocycles. The van der Waals surface area contributed by atoms with E-state index in [4.69, 9.17) is 9.88 Å². The van der Waals surface area contributed by atoms with Crippen molar-refractivity contribution in [2.24, 2.45) is 5.14 Å². The first-order valence-electron chi connectivity index (χ1n) is 6.96. The lowest BCUT2D eigenvalue weighted by Crippen LogP contribution is -2.31. The van der Waals surface area contributed by atoms with Crippen LogP contribution in [0, 0.1) is 6.92 Å². The SMILES string of the molecule is Cc1ccc(S(=O)(=O)NC(=O)OCc2ccc(S(N)(=O)=O)cc2)cc1. The van der Waals surface area contributed by atoms with E-state index in [1.54, 1.807) is 23.8 Å². The van der Waals surface area contributed by atoms with Crippen LogP contribution in [0.1, 0.15) is 11.1 Å². The third-order valence-electron chi connectivity index (χ3n) is 3.17. The molecule has 8 nitrogen and oxygen atoms in total. The molecule has 0 radical (unpaired) electrons. The standard InChI is InChI=1S/C15H16N2O6S2/c1-11-2-6-14(7-3-11)25(21,22)17-15(18)23-10-12-4-8-13(9-5-12)24(16,19)20/h2-9H,10H2,1H3,(H,17,18)(H2,16,19,20). The Labute approximate surface area is 145 Å². The monoisotopic (exact) mass is 384 g/mol. The second-order valence-corrected chi connectivity index (χ2v) is 8.43. The van der Waals surface area contributed by atoms with Gasteiger partial charge in [0, 0.05) is 0 Å². The second-order valence-electron chi connectivity index (χ2n) is 5.18. The van der Waals surface area contributed by atoms with Gasteiger partial charge in [-0.1, -0.05) is 29.8 Å². The van der Waals surface area contributed by atoms with Gasteiger partial charge in [0.15, 0.2) is 0 Å². The number of carbonyl (C=O) groups is 1. The minimum Gasteiger partial charge on any atom is -0.444 e. The summed E-state index contributed by atoms with van der Waals surface area (Å²) in [6.45, 7) is 1.57. The van der Waals surface area contributed by atoms with E-state index in [1.807, 2.05) is 0 Å². The minimum absolute atomic E-state index is 0.0624. The Balaban J connectivity index is 1.97. The summed E-state index contributed by atoms with van der Waals surface area (Å²) in [4.78, 5) is 11.5. The van der Waals surface area contributed by atoms with E-state index in [9.17, 15) is 21.6 Å². The lowest BCUT2D eigenvalue weighted by molar-refractivity contribution is 0.146. The quantitative estimate of drug-likeness (QED) is 0.797. The average Bonchev–Trinajstić information content (AvgIpc) is 2.52. The number of amides is 1. The van der Waals surface area contributed by atoms with Gasteiger partial charge in [-0.25, -0.2) is 31.5 Å². The number of benzene rings is 2. The predicted octanol–water partition coefficient (Wildman–Crippen LogP) is 1.26. The highest BCUT2D eigenvalue weighted by Gasteiger charge is 2.18. The fourth-order valence-electron chi connectivity index (χ4n) is 1.84. The van der Waals surface area contributed by atoms with Gasteiger partial charge in [-0.15, -0.1) is 0 Å². The molecule has 0 fully saturated rings. The Kier molecular flexibility index (Phi) is 5.45. The van der Waals surface area contributed by atoms with Crippen molar-refractivity contribution >= 4 is 26.1 Å². The maximum Gasteiger partial charge on any atom is 0.421 e. The molecule has 0 aliphatic carbocycles. The van der Waals surface area contributed by atoms with Crippen LogP contribution in [0.15, 0.2) is 58.3 Å². The number of rotatable bonds is 5. The Morgan fingerprint density at radius 2 is 1.48 bits per heavy atom. The predicted molar refractivity (Wildman–Crippen MR) is 89.5 cm³/mol. The van der Waals surface area contributed by atoms with Crippen LogP contribution in [0.4, 0.5) is 4.79 Å². The number of aryl methyl sites for hydroxylation is 1. The first-order chi connectivity index (χ1) is 11.6. The first-order valence-corrected chi connectivity index (χ1v) is 9.99. The van der Waals surface area contributed by atoms with Crippen LogP contribution < -0.4 is 9.86 Å². The van der Waals surface area contributed by atoms with Gasteiger partial charge in [0.1, 0.15) is 6.61 Å². The van der Waals surface area contributed by atoms with Crippen molar-refractivity contribution < 1.29 is 26.4 Å². The van der Waals surface area contributed by atoms with Gasteiger partial charge in [0.05, 0.1) is 9.79 Å². The summed E-state index contributed by atoms with van der Waals surface area (Å²) in [5.41, 5.74) is 1.35. The molecule has 0 unspecified atom stereocenters. The molecule has 2 rings (SSSR count). The first kappa shape index (κ1) is 18.9. The number of sulfonamides is 2. The fraction of sp³-hybridized carbons (Fsp3) is 0.133. The summed E-state index contributed by atoms with van der Waals surface area (Å²) in [5.74, 6) is 0. The number of carbonyl (C=O) groups excluding carboxylic acids is 1. The molecular formula is C15H16N2O6S2. The van der Waals surface area contributed by atoms with Crippen molar-refractivity contribution in [1.82, 2.24) is 4.72 Å². The summed E-state index contributed by atoms with van der Waals surface area (Å²) in [6, 6.07) is 11.3. The minimum atomic E-state index is -4.03. The molecule has 0 saturated carbocycles. The molecule has 3 N–H and O–H groups in total. The molecule has 0 spiro atoms. The van der Waals surface area contributed by atoms with Gasteiger partial charge in [-0.3, -0.25) is 0 Å². The molecule has 0 atom stereocenters. The average molecular weight is 384 g/mol. The molecule has 0 bridgehead atoms. The highest BCUT2D eigenvalue weighted by atomic mass is 32.2. The zero-order valence-corrected chi connectivity index (χ0v) is 14.8. The zero-order valence-electron chi connectivity index (χ0n) is 13.2. The number of hydrogen-bond donors (Lipinski definition) is 2. The van der Waals surface area contributed by atoms with E-state index >= 15 is 0 Å². The second kappa shape index (κ2) is 7.21. The Morgan fingerprint density at radius 3 is 2.00 bits per heavy atom. The van der Waals surface area contributed by atoms with Crippen molar-refractivity contribution in [2.75, 3.05) is 0 Å². The molecule has 2 aromatic carbocycles. The van der Waals surface area contributed by atoms with E-state index in [0.717, 1.165) is 5.56 Å². The fourth-order valence-corrected chi connectivity index (χ4v) is 3.25. The smallest absolute Gasteiger partial charge is 0.421 e. The summed E-state index contributed by atoms with van der Waals surface area (Å²) >= 11 is 0. The maximum atomic E-state index is 12.0. The van der Waals surface area contributed by atoms with Crippen LogP contribution in [0.2, 0.25) is 0 Å². The molecule has 0 aliphatic rings. The van der Waals surface area contributed by atoms with Crippen molar-refractivity contribution in [3.63, 3.8) is 0 Å². The normalized spacial score (nSPS) is 11.8. The molecule has 0 saturated heterocycles. The molecule has 10 heteroatoms. The van der Waals surface area contributed by atoms with Crippen LogP contribution in [0.5, 0.6) is 0 Å². The Bertz CT molecular complexity index is 966. The summed E-state index contributed by atoms with van der Waals surface area (Å²) in [7, 11) is -7.84. The highest BCUT2D eigenvalue weighted by molar-refractivity contribution is 7.90. The topological polar surface area (TPSA) is 133 Å². The van der Waals surface area contributed by atoms with Crippen molar-refractivity contribution in [1.29, 1.82) is 0 Å². The van der Waals surface area contributed by atoms with Gasteiger partial charge in [-0.2, -0.15) is 0 Å². The molecule has 0 aromatic heterocycles. The third kappa shape index (κ3) is 5.28. The number of ether oxygens (including phenoxy) is 1. The molecule has 134 valence electrons. The zero-order chi connectivity index (χ0) is 18.7. The lowest BCUT2D eigenvalue weighted by atomic mass is 10.2. The number of nitrogens with two attached hydrogens (primary N) is 1. The molecule has 1 amide bonds. The number of hydrogen-bond acceptors (Lipinski definition) is 6. The molecule has 25 heavy (non-hydrogen) atoms. The van der Waals surface area contributed by atoms with Crippen LogP contribution in [-0.2, 0) is 31.4 Å². The third-order valence-corrected chi connectivity index (χ3v) is 5.43. The Hall–Kier alpha value is -2.43. The molecule has 2 aromatic rings. The maximum absolute atomic E-state index is 12.0. The summed E-state index contributed by atoms with van der Waals surface area (Å²) in [5, 5.41) is 4.97. The summed E-state index contributed by atoms with van der Waals surface area (Å²) in [6.07, 6.45) is -1.14. The van der Waals surface area contributed by atoms with Gasteiger partial charge in [0.25, 0.3) is 10.0 Å². The van der Waals surface area contributed by atoms with Crippen molar-refractivity contribution in [3.05, 3.63) is 59.7 Å². The highest BCUT2D eigenvalue weighted by Crippen LogP contribution is 2.11. The number of nitrogens with one attached hydrogen (secondary N) is 1. The van der Waals surface area contributed by atoms with Gasteiger partial charge >= 0.3 is 6.09 Å².